The van der Waals surface area contributed by atoms with Crippen molar-refractivity contribution in [1.29, 1.82) is 5.41 Å². The van der Waals surface area contributed by atoms with Crippen LogP contribution in [0.2, 0.25) is 0 Å². The van der Waals surface area contributed by atoms with E-state index in [4.69, 9.17) is 15.9 Å². The Morgan fingerprint density at radius 2 is 2.25 bits per heavy atom. The maximum absolute atomic E-state index is 7.39. The molecule has 1 spiro atoms. The van der Waals surface area contributed by atoms with Gasteiger partial charge in [-0.1, -0.05) is 0 Å². The van der Waals surface area contributed by atoms with Gasteiger partial charge in [0.2, 0.25) is 0 Å². The van der Waals surface area contributed by atoms with E-state index < -0.39 is 0 Å². The summed E-state index contributed by atoms with van der Waals surface area (Å²) in [5.74, 6) is 0.642. The molecule has 12 heavy (non-hydrogen) atoms. The van der Waals surface area contributed by atoms with Crippen LogP contribution >= 0.6 is 0 Å². The van der Waals surface area contributed by atoms with Crippen molar-refractivity contribution in [2.24, 2.45) is 11.7 Å². The Bertz CT molecular complexity index is 199. The van der Waals surface area contributed by atoms with Gasteiger partial charge in [0.05, 0.1) is 11.4 Å². The summed E-state index contributed by atoms with van der Waals surface area (Å²) in [7, 11) is 0. The fourth-order valence-corrected chi connectivity index (χ4v) is 2.21. The lowest BCUT2D eigenvalue weighted by molar-refractivity contribution is -0.135. The molecular formula is C9H16N2O. The second-order valence-electron chi connectivity index (χ2n) is 4.03. The quantitative estimate of drug-likeness (QED) is 0.457. The second-order valence-corrected chi connectivity index (χ2v) is 4.03. The van der Waals surface area contributed by atoms with Crippen LogP contribution in [0.15, 0.2) is 0 Å². The third-order valence-electron chi connectivity index (χ3n) is 3.20. The van der Waals surface area contributed by atoms with Crippen LogP contribution in [0.25, 0.3) is 0 Å². The van der Waals surface area contributed by atoms with E-state index in [2.05, 4.69) is 0 Å². The number of nitrogens with one attached hydrogen (secondary N) is 1. The number of hydrogen-bond donors (Lipinski definition) is 2. The summed E-state index contributed by atoms with van der Waals surface area (Å²) in [4.78, 5) is 0. The van der Waals surface area contributed by atoms with E-state index in [-0.39, 0.29) is 5.60 Å². The monoisotopic (exact) mass is 168 g/mol. The van der Waals surface area contributed by atoms with Gasteiger partial charge in [-0.05, 0) is 32.1 Å². The first-order chi connectivity index (χ1) is 5.72. The Balaban J connectivity index is 1.98. The first-order valence-electron chi connectivity index (χ1n) is 4.70. The van der Waals surface area contributed by atoms with Gasteiger partial charge in [0.15, 0.2) is 0 Å². The zero-order valence-corrected chi connectivity index (χ0v) is 7.31. The van der Waals surface area contributed by atoms with Crippen LogP contribution < -0.4 is 5.73 Å². The molecule has 2 rings (SSSR count). The highest BCUT2D eigenvalue weighted by atomic mass is 16.5. The molecule has 0 aromatic rings. The van der Waals surface area contributed by atoms with Crippen molar-refractivity contribution in [2.75, 3.05) is 6.61 Å². The van der Waals surface area contributed by atoms with E-state index in [0.717, 1.165) is 19.4 Å². The second kappa shape index (κ2) is 2.73. The number of amidine groups is 1. The van der Waals surface area contributed by atoms with Crippen molar-refractivity contribution in [3.63, 3.8) is 0 Å². The van der Waals surface area contributed by atoms with Gasteiger partial charge in [0, 0.05) is 12.5 Å². The van der Waals surface area contributed by atoms with Gasteiger partial charge in [-0.3, -0.25) is 5.41 Å². The van der Waals surface area contributed by atoms with Gasteiger partial charge in [-0.2, -0.15) is 0 Å². The predicted molar refractivity (Wildman–Crippen MR) is 47.2 cm³/mol. The molecule has 1 heterocycles. The summed E-state index contributed by atoms with van der Waals surface area (Å²) < 4.78 is 5.73. The fourth-order valence-electron chi connectivity index (χ4n) is 2.21. The number of nitrogens with two attached hydrogens (primary N) is 1. The van der Waals surface area contributed by atoms with E-state index >= 15 is 0 Å². The van der Waals surface area contributed by atoms with Crippen molar-refractivity contribution < 1.29 is 4.74 Å². The Labute approximate surface area is 72.8 Å². The molecule has 1 aliphatic heterocycles. The number of hydrogen-bond acceptors (Lipinski definition) is 2. The average Bonchev–Trinajstić information content (AvgIpc) is 2.02. The number of rotatable bonds is 1. The van der Waals surface area contributed by atoms with Crippen LogP contribution in [0.5, 0.6) is 0 Å². The molecule has 0 bridgehead atoms. The largest absolute Gasteiger partial charge is 0.387 e. The number of ether oxygens (including phenoxy) is 1. The third kappa shape index (κ3) is 1.22. The van der Waals surface area contributed by atoms with E-state index in [1.165, 1.54) is 19.3 Å². The highest BCUT2D eigenvalue weighted by Crippen LogP contribution is 2.44. The Hall–Kier alpha value is -0.570. The molecule has 1 saturated heterocycles. The van der Waals surface area contributed by atoms with Gasteiger partial charge in [0.25, 0.3) is 0 Å². The topological polar surface area (TPSA) is 59.1 Å². The predicted octanol–water partition coefficient (Wildman–Crippen LogP) is 1.27. The van der Waals surface area contributed by atoms with Crippen LogP contribution in [-0.2, 0) is 4.74 Å². The first kappa shape index (κ1) is 8.05. The lowest BCUT2D eigenvalue weighted by Crippen LogP contribution is -2.47. The summed E-state index contributed by atoms with van der Waals surface area (Å²) in [5.41, 5.74) is 5.63. The molecule has 0 aromatic carbocycles. The van der Waals surface area contributed by atoms with Crippen LogP contribution in [-0.4, -0.2) is 18.0 Å². The molecule has 3 N–H and O–H groups in total. The molecule has 2 fully saturated rings. The summed E-state index contributed by atoms with van der Waals surface area (Å²) in [6, 6.07) is 0. The van der Waals surface area contributed by atoms with Crippen LogP contribution in [0, 0.1) is 11.3 Å². The lowest BCUT2D eigenvalue weighted by atomic mass is 9.72. The fraction of sp³-hybridized carbons (Fsp3) is 0.889. The normalized spacial score (nSPS) is 32.8. The van der Waals surface area contributed by atoms with Crippen molar-refractivity contribution in [1.82, 2.24) is 0 Å². The average molecular weight is 168 g/mol. The Kier molecular flexibility index (Phi) is 1.83. The minimum absolute atomic E-state index is 0.134. The standard InChI is InChI=1S/C9H16N2O/c10-8(11)7-2-5-12-9(6-7)3-1-4-9/h7H,1-6H2,(H3,10,11). The van der Waals surface area contributed by atoms with Crippen molar-refractivity contribution in [3.05, 3.63) is 0 Å². The molecule has 0 amide bonds. The SMILES string of the molecule is N=C(N)C1CCOC2(CCC2)C1. The maximum atomic E-state index is 7.39. The summed E-state index contributed by atoms with van der Waals surface area (Å²) >= 11 is 0. The minimum atomic E-state index is 0.134. The maximum Gasteiger partial charge on any atom is 0.0938 e. The van der Waals surface area contributed by atoms with E-state index in [1.807, 2.05) is 0 Å². The van der Waals surface area contributed by atoms with Crippen molar-refractivity contribution in [3.8, 4) is 0 Å². The molecule has 1 unspecified atom stereocenters. The molecule has 1 saturated carbocycles. The van der Waals surface area contributed by atoms with E-state index in [1.54, 1.807) is 0 Å². The molecular weight excluding hydrogens is 152 g/mol. The highest BCUT2D eigenvalue weighted by molar-refractivity contribution is 5.79. The zero-order chi connectivity index (χ0) is 8.60. The molecule has 1 atom stereocenters. The third-order valence-corrected chi connectivity index (χ3v) is 3.20. The van der Waals surface area contributed by atoms with Crippen LogP contribution in [0.4, 0.5) is 0 Å². The van der Waals surface area contributed by atoms with Gasteiger partial charge >= 0.3 is 0 Å². The van der Waals surface area contributed by atoms with Gasteiger partial charge in [-0.15, -0.1) is 0 Å². The summed E-state index contributed by atoms with van der Waals surface area (Å²) in [6.07, 6.45) is 5.57. The molecule has 2 aliphatic rings. The summed E-state index contributed by atoms with van der Waals surface area (Å²) in [6.45, 7) is 0.796. The van der Waals surface area contributed by atoms with Gasteiger partial charge in [0.1, 0.15) is 0 Å². The summed E-state index contributed by atoms with van der Waals surface area (Å²) in [5, 5.41) is 7.39. The molecule has 3 nitrogen and oxygen atoms in total. The van der Waals surface area contributed by atoms with E-state index in [9.17, 15) is 0 Å². The molecule has 0 aromatic heterocycles. The van der Waals surface area contributed by atoms with Gasteiger partial charge in [-0.25, -0.2) is 0 Å². The van der Waals surface area contributed by atoms with E-state index in [0.29, 0.717) is 11.8 Å². The highest BCUT2D eigenvalue weighted by Gasteiger charge is 2.43. The smallest absolute Gasteiger partial charge is 0.0938 e. The molecule has 0 radical (unpaired) electrons. The molecule has 68 valence electrons. The van der Waals surface area contributed by atoms with Crippen molar-refractivity contribution >= 4 is 5.84 Å². The molecule has 1 aliphatic carbocycles. The lowest BCUT2D eigenvalue weighted by Gasteiger charge is -2.46. The van der Waals surface area contributed by atoms with Crippen LogP contribution in [0.3, 0.4) is 0 Å². The first-order valence-corrected chi connectivity index (χ1v) is 4.70. The molecule has 3 heteroatoms. The van der Waals surface area contributed by atoms with Gasteiger partial charge < -0.3 is 10.5 Å². The van der Waals surface area contributed by atoms with Crippen LogP contribution in [0.1, 0.15) is 32.1 Å². The van der Waals surface area contributed by atoms with Crippen molar-refractivity contribution in [2.45, 2.75) is 37.7 Å². The Morgan fingerprint density at radius 1 is 1.50 bits per heavy atom. The minimum Gasteiger partial charge on any atom is -0.387 e. The zero-order valence-electron chi connectivity index (χ0n) is 7.31. The Morgan fingerprint density at radius 3 is 2.75 bits per heavy atom.